The number of nitrogens with zero attached hydrogens (tertiary/aromatic N) is 6. The minimum atomic E-state index is 0.451. The summed E-state index contributed by atoms with van der Waals surface area (Å²) in [6, 6.07) is 11.7. The van der Waals surface area contributed by atoms with Gasteiger partial charge < -0.3 is 10.6 Å². The fourth-order valence-corrected chi connectivity index (χ4v) is 2.58. The van der Waals surface area contributed by atoms with Gasteiger partial charge in [0.2, 0.25) is 5.95 Å². The summed E-state index contributed by atoms with van der Waals surface area (Å²) in [4.78, 5) is 21.8. The maximum Gasteiger partial charge on any atom is 0.232 e. The molecule has 0 aliphatic heterocycles. The van der Waals surface area contributed by atoms with E-state index in [2.05, 4.69) is 42.5 Å². The maximum absolute atomic E-state index is 4.65. The molecule has 0 atom stereocenters. The predicted octanol–water partition coefficient (Wildman–Crippen LogP) is 3.17. The molecular weight excluding hydrogens is 328 g/mol. The topological polar surface area (TPSA) is 93.4 Å². The molecule has 0 saturated carbocycles. The Labute approximate surface area is 150 Å². The quantitative estimate of drug-likeness (QED) is 0.554. The average molecular weight is 346 g/mol. The Morgan fingerprint density at radius 3 is 2.69 bits per heavy atom. The fraction of sp³-hybridized carbons (Fsp3) is 0.167. The molecule has 0 amide bonds. The van der Waals surface area contributed by atoms with Crippen LogP contribution in [0, 0.1) is 0 Å². The molecule has 8 heteroatoms. The number of imidazole rings is 1. The molecule has 3 aromatic heterocycles. The van der Waals surface area contributed by atoms with E-state index < -0.39 is 0 Å². The van der Waals surface area contributed by atoms with Crippen molar-refractivity contribution < 1.29 is 0 Å². The van der Waals surface area contributed by atoms with Crippen LogP contribution < -0.4 is 10.6 Å². The van der Waals surface area contributed by atoms with E-state index in [1.165, 1.54) is 6.33 Å². The largest absolute Gasteiger partial charge is 0.368 e. The normalized spacial score (nSPS) is 10.8. The van der Waals surface area contributed by atoms with Crippen molar-refractivity contribution in [3.63, 3.8) is 0 Å². The van der Waals surface area contributed by atoms with Crippen LogP contribution in [0.1, 0.15) is 13.3 Å². The number of aromatic nitrogens is 6. The lowest BCUT2D eigenvalue weighted by molar-refractivity contribution is 0.968. The summed E-state index contributed by atoms with van der Waals surface area (Å²) < 4.78 is 1.94. The van der Waals surface area contributed by atoms with Crippen LogP contribution in [0.15, 0.2) is 55.2 Å². The molecule has 3 heterocycles. The minimum Gasteiger partial charge on any atom is -0.368 e. The van der Waals surface area contributed by atoms with E-state index in [0.717, 1.165) is 29.8 Å². The Bertz CT molecular complexity index is 998. The van der Waals surface area contributed by atoms with Crippen molar-refractivity contribution in [2.75, 3.05) is 17.2 Å². The van der Waals surface area contributed by atoms with Crippen molar-refractivity contribution in [2.45, 2.75) is 13.3 Å². The first-order valence-corrected chi connectivity index (χ1v) is 8.42. The van der Waals surface area contributed by atoms with Gasteiger partial charge in [-0.3, -0.25) is 4.57 Å². The van der Waals surface area contributed by atoms with Gasteiger partial charge >= 0.3 is 0 Å². The summed E-state index contributed by atoms with van der Waals surface area (Å²) in [5, 5.41) is 6.46. The maximum atomic E-state index is 4.65. The van der Waals surface area contributed by atoms with Crippen molar-refractivity contribution in [1.29, 1.82) is 0 Å². The standard InChI is InChI=1S/C18H18N8/c1-2-9-20-16-15-17(26(12-22-15)13-6-4-3-5-7-13)25-18(24-16)23-14-8-10-19-11-21-14/h3-8,10-12H,2,9H2,1H3,(H2,19,20,21,23,24,25). The first-order valence-electron chi connectivity index (χ1n) is 8.42. The first-order chi connectivity index (χ1) is 12.8. The molecule has 4 aromatic rings. The molecule has 0 bridgehead atoms. The van der Waals surface area contributed by atoms with Crippen LogP contribution in [0.25, 0.3) is 16.9 Å². The minimum absolute atomic E-state index is 0.451. The van der Waals surface area contributed by atoms with Gasteiger partial charge in [0.15, 0.2) is 17.0 Å². The van der Waals surface area contributed by atoms with Gasteiger partial charge in [0, 0.05) is 18.4 Å². The molecular formula is C18H18N8. The van der Waals surface area contributed by atoms with Crippen LogP contribution in [-0.2, 0) is 0 Å². The van der Waals surface area contributed by atoms with Gasteiger partial charge in [0.05, 0.1) is 0 Å². The molecule has 0 unspecified atom stereocenters. The highest BCUT2D eigenvalue weighted by Gasteiger charge is 2.14. The lowest BCUT2D eigenvalue weighted by Crippen LogP contribution is -2.07. The monoisotopic (exact) mass is 346 g/mol. The zero-order valence-corrected chi connectivity index (χ0v) is 14.3. The summed E-state index contributed by atoms with van der Waals surface area (Å²) in [6.07, 6.45) is 5.89. The van der Waals surface area contributed by atoms with Crippen LogP contribution in [0.3, 0.4) is 0 Å². The van der Waals surface area contributed by atoms with E-state index in [1.54, 1.807) is 18.6 Å². The highest BCUT2D eigenvalue weighted by Crippen LogP contribution is 2.24. The van der Waals surface area contributed by atoms with Crippen molar-refractivity contribution in [2.24, 2.45) is 0 Å². The Morgan fingerprint density at radius 2 is 1.92 bits per heavy atom. The third-order valence-electron chi connectivity index (χ3n) is 3.79. The van der Waals surface area contributed by atoms with Crippen molar-refractivity contribution in [1.82, 2.24) is 29.5 Å². The Balaban J connectivity index is 1.82. The van der Waals surface area contributed by atoms with Crippen LogP contribution >= 0.6 is 0 Å². The molecule has 0 aliphatic carbocycles. The molecule has 0 radical (unpaired) electrons. The second-order valence-electron chi connectivity index (χ2n) is 5.66. The molecule has 0 saturated heterocycles. The Morgan fingerprint density at radius 1 is 1.04 bits per heavy atom. The molecule has 0 spiro atoms. The summed E-state index contributed by atoms with van der Waals surface area (Å²) >= 11 is 0. The van der Waals surface area contributed by atoms with Gasteiger partial charge in [-0.05, 0) is 24.6 Å². The highest BCUT2D eigenvalue weighted by atomic mass is 15.2. The average Bonchev–Trinajstić information content (AvgIpc) is 3.12. The molecule has 0 fully saturated rings. The van der Waals surface area contributed by atoms with Gasteiger partial charge in [-0.2, -0.15) is 9.97 Å². The SMILES string of the molecule is CCCNc1nc(Nc2ccncn2)nc2c1ncn2-c1ccccc1. The molecule has 26 heavy (non-hydrogen) atoms. The summed E-state index contributed by atoms with van der Waals surface area (Å²) in [6.45, 7) is 2.91. The lowest BCUT2D eigenvalue weighted by Gasteiger charge is -2.10. The molecule has 8 nitrogen and oxygen atoms in total. The smallest absolute Gasteiger partial charge is 0.232 e. The Kier molecular flexibility index (Phi) is 4.38. The van der Waals surface area contributed by atoms with Crippen molar-refractivity contribution in [3.05, 3.63) is 55.2 Å². The van der Waals surface area contributed by atoms with E-state index in [0.29, 0.717) is 17.6 Å². The molecule has 0 aliphatic rings. The van der Waals surface area contributed by atoms with E-state index in [1.807, 2.05) is 34.9 Å². The highest BCUT2D eigenvalue weighted by molar-refractivity contribution is 5.85. The third-order valence-corrected chi connectivity index (χ3v) is 3.79. The van der Waals surface area contributed by atoms with Gasteiger partial charge in [0.1, 0.15) is 18.5 Å². The van der Waals surface area contributed by atoms with Crippen LogP contribution in [0.2, 0.25) is 0 Å². The number of fused-ring (bicyclic) bond motifs is 1. The lowest BCUT2D eigenvalue weighted by atomic mass is 10.3. The third kappa shape index (κ3) is 3.16. The second kappa shape index (κ2) is 7.14. The van der Waals surface area contributed by atoms with Gasteiger partial charge in [-0.25, -0.2) is 15.0 Å². The van der Waals surface area contributed by atoms with Crippen molar-refractivity contribution >= 4 is 28.7 Å². The van der Waals surface area contributed by atoms with Crippen LogP contribution in [0.4, 0.5) is 17.6 Å². The van der Waals surface area contributed by atoms with E-state index in [-0.39, 0.29) is 0 Å². The molecule has 4 rings (SSSR count). The zero-order valence-electron chi connectivity index (χ0n) is 14.3. The second-order valence-corrected chi connectivity index (χ2v) is 5.66. The summed E-state index contributed by atoms with van der Waals surface area (Å²) in [5.74, 6) is 1.78. The number of hydrogen-bond donors (Lipinski definition) is 2. The van der Waals surface area contributed by atoms with Crippen LogP contribution in [-0.4, -0.2) is 36.0 Å². The first kappa shape index (κ1) is 15.9. The number of rotatable bonds is 6. The molecule has 2 N–H and O–H groups in total. The number of hydrogen-bond acceptors (Lipinski definition) is 7. The van der Waals surface area contributed by atoms with Gasteiger partial charge in [0.25, 0.3) is 0 Å². The predicted molar refractivity (Wildman–Crippen MR) is 101 cm³/mol. The van der Waals surface area contributed by atoms with Crippen LogP contribution in [0.5, 0.6) is 0 Å². The number of nitrogens with one attached hydrogen (secondary N) is 2. The zero-order chi connectivity index (χ0) is 17.8. The number of para-hydroxylation sites is 1. The van der Waals surface area contributed by atoms with Gasteiger partial charge in [-0.15, -0.1) is 0 Å². The summed E-state index contributed by atoms with van der Waals surface area (Å²) in [7, 11) is 0. The van der Waals surface area contributed by atoms with E-state index >= 15 is 0 Å². The molecule has 1 aromatic carbocycles. The van der Waals surface area contributed by atoms with Crippen molar-refractivity contribution in [3.8, 4) is 5.69 Å². The number of benzene rings is 1. The fourth-order valence-electron chi connectivity index (χ4n) is 2.58. The number of anilines is 3. The Hall–Kier alpha value is -3.55. The summed E-state index contributed by atoms with van der Waals surface area (Å²) in [5.41, 5.74) is 2.44. The van der Waals surface area contributed by atoms with E-state index in [9.17, 15) is 0 Å². The van der Waals surface area contributed by atoms with E-state index in [4.69, 9.17) is 0 Å². The van der Waals surface area contributed by atoms with Gasteiger partial charge in [-0.1, -0.05) is 25.1 Å². The molecule has 130 valence electrons.